The summed E-state index contributed by atoms with van der Waals surface area (Å²) in [6.45, 7) is -1.12. The number of hydrogen-bond acceptors (Lipinski definition) is 4. The molecule has 0 aliphatic heterocycles. The van der Waals surface area contributed by atoms with Gasteiger partial charge in [0, 0.05) is 53.1 Å². The van der Waals surface area contributed by atoms with Gasteiger partial charge in [-0.1, -0.05) is 11.6 Å². The molecule has 0 saturated heterocycles. The van der Waals surface area contributed by atoms with E-state index in [-0.39, 0.29) is 17.7 Å². The molecule has 0 fully saturated rings. The van der Waals surface area contributed by atoms with Crippen molar-refractivity contribution >= 4 is 17.2 Å². The molecule has 170 valence electrons. The maximum absolute atomic E-state index is 13.0. The highest BCUT2D eigenvalue weighted by atomic mass is 35.5. The molecule has 0 spiro atoms. The summed E-state index contributed by atoms with van der Waals surface area (Å²) in [5.41, 5.74) is 4.73. The van der Waals surface area contributed by atoms with Gasteiger partial charge in [0.05, 0.1) is 17.5 Å². The molecule has 2 unspecified atom stereocenters. The Morgan fingerprint density at radius 3 is 2.76 bits per heavy atom. The van der Waals surface area contributed by atoms with E-state index >= 15 is 0 Å². The molecule has 33 heavy (non-hydrogen) atoms. The molecule has 1 aliphatic carbocycles. The van der Waals surface area contributed by atoms with Crippen molar-refractivity contribution in [1.29, 1.82) is 0 Å². The lowest BCUT2D eigenvalue weighted by Crippen LogP contribution is -2.15. The summed E-state index contributed by atoms with van der Waals surface area (Å²) in [6.07, 6.45) is 3.07. The van der Waals surface area contributed by atoms with Gasteiger partial charge in [0.1, 0.15) is 11.4 Å². The average molecular weight is 472 g/mol. The van der Waals surface area contributed by atoms with Crippen molar-refractivity contribution in [1.82, 2.24) is 14.0 Å². The van der Waals surface area contributed by atoms with Crippen molar-refractivity contribution in [3.8, 4) is 16.9 Å². The zero-order chi connectivity index (χ0) is 23.4. The van der Waals surface area contributed by atoms with E-state index in [1.165, 1.54) is 16.7 Å². The number of ether oxygens (including phenoxy) is 1. The number of hydrogen-bond donors (Lipinski definition) is 1. The minimum absolute atomic E-state index is 0.0134. The molecule has 6 nitrogen and oxygen atoms in total. The first-order chi connectivity index (χ1) is 15.7. The second-order valence-corrected chi connectivity index (χ2v) is 8.65. The van der Waals surface area contributed by atoms with Crippen molar-refractivity contribution in [2.45, 2.75) is 32.0 Å². The number of nitrogens with zero attached hydrogens (tertiary/aromatic N) is 3. The second kappa shape index (κ2) is 7.97. The van der Waals surface area contributed by atoms with Crippen LogP contribution in [0.1, 0.15) is 41.0 Å². The van der Waals surface area contributed by atoms with E-state index in [1.807, 2.05) is 29.7 Å². The van der Waals surface area contributed by atoms with Gasteiger partial charge in [0.2, 0.25) is 0 Å². The molecule has 4 aromatic rings. The Labute approximate surface area is 192 Å². The van der Waals surface area contributed by atoms with E-state index in [9.17, 15) is 18.7 Å². The Balaban J connectivity index is 1.70. The standard InChI is InChI=1S/C24H20ClF2N3O3/c1-12-7-21(32)29(2)11-17(12)13-3-6-20-28-22-18(31)9-16(23(22)30(20)10-13)15-8-14(25)4-5-19(15)33-24(26)27/h3-8,10-11,16,18,24,31H,9H2,1-2H3. The lowest BCUT2D eigenvalue weighted by atomic mass is 9.95. The Kier molecular flexibility index (Phi) is 5.22. The number of aromatic nitrogens is 3. The van der Waals surface area contributed by atoms with Gasteiger partial charge < -0.3 is 18.8 Å². The number of aryl methyl sites for hydroxylation is 2. The molecule has 9 heteroatoms. The molecule has 5 rings (SSSR count). The van der Waals surface area contributed by atoms with Crippen LogP contribution >= 0.6 is 11.6 Å². The van der Waals surface area contributed by atoms with E-state index in [4.69, 9.17) is 16.3 Å². The number of rotatable bonds is 4. The third-order valence-corrected chi connectivity index (χ3v) is 6.33. The number of halogens is 3. The molecule has 1 N–H and O–H groups in total. The Morgan fingerprint density at radius 2 is 2.00 bits per heavy atom. The second-order valence-electron chi connectivity index (χ2n) is 8.21. The van der Waals surface area contributed by atoms with Crippen LogP contribution in [0.15, 0.2) is 53.6 Å². The van der Waals surface area contributed by atoms with Gasteiger partial charge in [-0.15, -0.1) is 0 Å². The molecular formula is C24H20ClF2N3O3. The van der Waals surface area contributed by atoms with Crippen LogP contribution in [-0.2, 0) is 7.05 Å². The minimum Gasteiger partial charge on any atom is -0.435 e. The third-order valence-electron chi connectivity index (χ3n) is 6.10. The highest BCUT2D eigenvalue weighted by molar-refractivity contribution is 6.30. The summed E-state index contributed by atoms with van der Waals surface area (Å²) in [5.74, 6) is -0.437. The van der Waals surface area contributed by atoms with Crippen molar-refractivity contribution in [2.24, 2.45) is 7.05 Å². The van der Waals surface area contributed by atoms with Gasteiger partial charge in [-0.3, -0.25) is 4.79 Å². The SMILES string of the molecule is Cc1cc(=O)n(C)cc1-c1ccc2nc3c(n2c1)C(c1cc(Cl)ccc1OC(F)F)CC3O. The van der Waals surface area contributed by atoms with Gasteiger partial charge in [-0.05, 0) is 49.2 Å². The number of aliphatic hydroxyl groups excluding tert-OH is 1. The normalized spacial score (nSPS) is 17.7. The first kappa shape index (κ1) is 21.6. The van der Waals surface area contributed by atoms with Crippen LogP contribution in [0.5, 0.6) is 5.75 Å². The number of imidazole rings is 1. The van der Waals surface area contributed by atoms with Crippen molar-refractivity contribution in [2.75, 3.05) is 0 Å². The van der Waals surface area contributed by atoms with Crippen LogP contribution in [0.25, 0.3) is 16.8 Å². The topological polar surface area (TPSA) is 68.8 Å². The largest absolute Gasteiger partial charge is 0.435 e. The molecule has 0 radical (unpaired) electrons. The predicted molar refractivity (Wildman–Crippen MR) is 120 cm³/mol. The zero-order valence-electron chi connectivity index (χ0n) is 17.8. The smallest absolute Gasteiger partial charge is 0.387 e. The predicted octanol–water partition coefficient (Wildman–Crippen LogP) is 4.83. The number of alkyl halides is 2. The van der Waals surface area contributed by atoms with E-state index < -0.39 is 18.6 Å². The maximum atomic E-state index is 13.0. The Hall–Kier alpha value is -3.23. The fraction of sp³-hybridized carbons (Fsp3) is 0.250. The van der Waals surface area contributed by atoms with E-state index in [1.54, 1.807) is 25.4 Å². The molecule has 3 heterocycles. The summed E-state index contributed by atoms with van der Waals surface area (Å²) in [5, 5.41) is 11.1. The quantitative estimate of drug-likeness (QED) is 0.463. The molecule has 1 aliphatic rings. The first-order valence-corrected chi connectivity index (χ1v) is 10.7. The monoisotopic (exact) mass is 471 g/mol. The molecule has 0 bridgehead atoms. The first-order valence-electron chi connectivity index (χ1n) is 10.3. The van der Waals surface area contributed by atoms with E-state index in [0.29, 0.717) is 27.6 Å². The molecule has 1 aromatic carbocycles. The molecule has 2 atom stereocenters. The zero-order valence-corrected chi connectivity index (χ0v) is 18.6. The number of benzene rings is 1. The molecular weight excluding hydrogens is 452 g/mol. The van der Waals surface area contributed by atoms with Gasteiger partial charge in [0.15, 0.2) is 0 Å². The summed E-state index contributed by atoms with van der Waals surface area (Å²) in [4.78, 5) is 16.6. The van der Waals surface area contributed by atoms with E-state index in [2.05, 4.69) is 4.98 Å². The van der Waals surface area contributed by atoms with Crippen LogP contribution in [0.3, 0.4) is 0 Å². The van der Waals surface area contributed by atoms with E-state index in [0.717, 1.165) is 16.7 Å². The van der Waals surface area contributed by atoms with Crippen molar-refractivity contribution < 1.29 is 18.6 Å². The lowest BCUT2D eigenvalue weighted by molar-refractivity contribution is -0.0505. The summed E-state index contributed by atoms with van der Waals surface area (Å²) in [6, 6.07) is 9.80. The molecule has 0 amide bonds. The van der Waals surface area contributed by atoms with Crippen LogP contribution in [-0.4, -0.2) is 25.7 Å². The van der Waals surface area contributed by atoms with Crippen LogP contribution in [0.4, 0.5) is 8.78 Å². The fourth-order valence-corrected chi connectivity index (χ4v) is 4.75. The Morgan fingerprint density at radius 1 is 1.21 bits per heavy atom. The highest BCUT2D eigenvalue weighted by Gasteiger charge is 2.37. The molecule has 3 aromatic heterocycles. The van der Waals surface area contributed by atoms with Crippen LogP contribution in [0.2, 0.25) is 5.02 Å². The summed E-state index contributed by atoms with van der Waals surface area (Å²) >= 11 is 6.18. The van der Waals surface area contributed by atoms with Gasteiger partial charge >= 0.3 is 6.61 Å². The number of aliphatic hydroxyl groups is 1. The van der Waals surface area contributed by atoms with Crippen LogP contribution < -0.4 is 10.3 Å². The van der Waals surface area contributed by atoms with Gasteiger partial charge in [0.25, 0.3) is 5.56 Å². The minimum atomic E-state index is -2.99. The highest BCUT2D eigenvalue weighted by Crippen LogP contribution is 2.47. The number of pyridine rings is 2. The lowest BCUT2D eigenvalue weighted by Gasteiger charge is -2.18. The van der Waals surface area contributed by atoms with Gasteiger partial charge in [-0.25, -0.2) is 4.98 Å². The summed E-state index contributed by atoms with van der Waals surface area (Å²) in [7, 11) is 1.69. The maximum Gasteiger partial charge on any atom is 0.387 e. The van der Waals surface area contributed by atoms with Gasteiger partial charge in [-0.2, -0.15) is 8.78 Å². The van der Waals surface area contributed by atoms with Crippen LogP contribution in [0, 0.1) is 6.92 Å². The summed E-state index contributed by atoms with van der Waals surface area (Å²) < 4.78 is 34.2. The van der Waals surface area contributed by atoms with Crippen molar-refractivity contribution in [3.05, 3.63) is 86.7 Å². The third kappa shape index (κ3) is 3.69. The average Bonchev–Trinajstić information content (AvgIpc) is 3.29. The number of fused-ring (bicyclic) bond motifs is 3. The Bertz CT molecular complexity index is 1450. The fourth-order valence-electron chi connectivity index (χ4n) is 4.57. The van der Waals surface area contributed by atoms with Crippen molar-refractivity contribution in [3.63, 3.8) is 0 Å². The molecule has 0 saturated carbocycles.